The molecule has 2 aromatic heterocycles. The molecule has 3 amide bonds. The zero-order valence-electron chi connectivity index (χ0n) is 24.2. The number of nitrogens with zero attached hydrogens (tertiary/aromatic N) is 3. The van der Waals surface area contributed by atoms with Gasteiger partial charge in [0.05, 0.1) is 5.69 Å². The molecule has 1 fully saturated rings. The van der Waals surface area contributed by atoms with Crippen molar-refractivity contribution in [3.63, 3.8) is 0 Å². The first-order valence-electron chi connectivity index (χ1n) is 13.7. The largest absolute Gasteiger partial charge is 0.444 e. The molecule has 1 aliphatic rings. The van der Waals surface area contributed by atoms with Crippen molar-refractivity contribution in [3.8, 4) is 22.4 Å². The van der Waals surface area contributed by atoms with Crippen molar-refractivity contribution < 1.29 is 19.1 Å². The number of benzene rings is 2. The fourth-order valence-electron chi connectivity index (χ4n) is 4.73. The van der Waals surface area contributed by atoms with Crippen LogP contribution in [0.4, 0.5) is 15.6 Å². The van der Waals surface area contributed by atoms with E-state index in [9.17, 15) is 14.4 Å². The van der Waals surface area contributed by atoms with Crippen LogP contribution in [0.15, 0.2) is 66.0 Å². The van der Waals surface area contributed by atoms with E-state index in [-0.39, 0.29) is 11.8 Å². The summed E-state index contributed by atoms with van der Waals surface area (Å²) in [5.74, 6) is -0.567. The van der Waals surface area contributed by atoms with Gasteiger partial charge < -0.3 is 15.0 Å². The zero-order chi connectivity index (χ0) is 30.0. The minimum atomic E-state index is -0.642. The van der Waals surface area contributed by atoms with Crippen LogP contribution in [0.5, 0.6) is 0 Å². The van der Waals surface area contributed by atoms with Crippen molar-refractivity contribution in [3.05, 3.63) is 83.0 Å². The standard InChI is InChI=1S/C32H33N5O4S/c1-19-14-24(15-20(2)33-19)21-8-6-9-22(16-21)26-18-42-30(35-26)36-28(38)27-12-13-37(27)29(39)23-10-7-11-25(17-23)34-31(40)41-32(3,4)5/h6-11,14-18,27H,12-13H2,1-5H3,(H,34,40)(H,35,36,38). The molecule has 2 N–H and O–H groups in total. The van der Waals surface area contributed by atoms with Gasteiger partial charge in [0.15, 0.2) is 5.13 Å². The molecule has 3 heterocycles. The van der Waals surface area contributed by atoms with Crippen LogP contribution in [0.2, 0.25) is 0 Å². The number of likely N-dealkylation sites (tertiary alicyclic amines) is 1. The molecule has 2 aromatic carbocycles. The SMILES string of the molecule is Cc1cc(-c2cccc(-c3csc(NC(=O)C4CCN4C(=O)c4cccc(NC(=O)OC(C)(C)C)c4)n3)c2)cc(C)n1. The topological polar surface area (TPSA) is 114 Å². The number of ether oxygens (including phenoxy) is 1. The molecule has 1 aliphatic heterocycles. The monoisotopic (exact) mass is 583 g/mol. The van der Waals surface area contributed by atoms with Gasteiger partial charge in [-0.1, -0.05) is 24.3 Å². The molecule has 42 heavy (non-hydrogen) atoms. The molecule has 1 atom stereocenters. The second kappa shape index (κ2) is 11.7. The lowest BCUT2D eigenvalue weighted by atomic mass is 10.00. The molecule has 0 saturated carbocycles. The summed E-state index contributed by atoms with van der Waals surface area (Å²) in [6, 6.07) is 18.2. The summed E-state index contributed by atoms with van der Waals surface area (Å²) in [6.07, 6.45) is -0.0521. The molecular formula is C32H33N5O4S. The molecule has 0 aliphatic carbocycles. The number of carbonyl (C=O) groups is 3. The summed E-state index contributed by atoms with van der Waals surface area (Å²) in [4.78, 5) is 49.1. The molecule has 216 valence electrons. The molecule has 0 spiro atoms. The van der Waals surface area contributed by atoms with Gasteiger partial charge in [0.25, 0.3) is 5.91 Å². The van der Waals surface area contributed by atoms with Gasteiger partial charge in [-0.2, -0.15) is 0 Å². The van der Waals surface area contributed by atoms with Gasteiger partial charge in [-0.15, -0.1) is 11.3 Å². The van der Waals surface area contributed by atoms with Crippen LogP contribution >= 0.6 is 11.3 Å². The first-order chi connectivity index (χ1) is 19.9. The first-order valence-corrected chi connectivity index (χ1v) is 14.6. The number of carbonyl (C=O) groups excluding carboxylic acids is 3. The van der Waals surface area contributed by atoms with Gasteiger partial charge in [-0.05, 0) is 88.6 Å². The second-order valence-corrected chi connectivity index (χ2v) is 12.1. The van der Waals surface area contributed by atoms with Crippen LogP contribution in [0, 0.1) is 13.8 Å². The number of aryl methyl sites for hydroxylation is 2. The summed E-state index contributed by atoms with van der Waals surface area (Å²) in [6.45, 7) is 9.75. The minimum absolute atomic E-state index is 0.282. The van der Waals surface area contributed by atoms with Crippen molar-refractivity contribution in [2.45, 2.75) is 52.7 Å². The summed E-state index contributed by atoms with van der Waals surface area (Å²) in [5.41, 5.74) is 5.94. The molecule has 4 aromatic rings. The number of rotatable bonds is 6. The van der Waals surface area contributed by atoms with E-state index in [2.05, 4.69) is 44.9 Å². The maximum Gasteiger partial charge on any atom is 0.412 e. The van der Waals surface area contributed by atoms with E-state index in [4.69, 9.17) is 4.74 Å². The Morgan fingerprint density at radius 1 is 0.905 bits per heavy atom. The fourth-order valence-corrected chi connectivity index (χ4v) is 5.45. The van der Waals surface area contributed by atoms with E-state index >= 15 is 0 Å². The van der Waals surface area contributed by atoms with E-state index in [1.165, 1.54) is 16.2 Å². The predicted molar refractivity (Wildman–Crippen MR) is 165 cm³/mol. The molecular weight excluding hydrogens is 550 g/mol. The van der Waals surface area contributed by atoms with Crippen molar-refractivity contribution in [2.75, 3.05) is 17.2 Å². The van der Waals surface area contributed by atoms with E-state index in [0.29, 0.717) is 29.3 Å². The maximum atomic E-state index is 13.2. The number of aromatic nitrogens is 2. The third kappa shape index (κ3) is 6.83. The number of hydrogen-bond acceptors (Lipinski definition) is 7. The fraction of sp³-hybridized carbons (Fsp3) is 0.281. The lowest BCUT2D eigenvalue weighted by Crippen LogP contribution is -2.56. The summed E-state index contributed by atoms with van der Waals surface area (Å²) in [7, 11) is 0. The Kier molecular flexibility index (Phi) is 8.08. The predicted octanol–water partition coefficient (Wildman–Crippen LogP) is 6.69. The molecule has 1 unspecified atom stereocenters. The number of amides is 3. The van der Waals surface area contributed by atoms with Gasteiger partial charge in [0.1, 0.15) is 11.6 Å². The van der Waals surface area contributed by atoms with Crippen molar-refractivity contribution >= 4 is 40.1 Å². The van der Waals surface area contributed by atoms with E-state index in [0.717, 1.165) is 33.8 Å². The van der Waals surface area contributed by atoms with Gasteiger partial charge in [-0.3, -0.25) is 19.9 Å². The highest BCUT2D eigenvalue weighted by Gasteiger charge is 2.38. The van der Waals surface area contributed by atoms with Crippen LogP contribution in [0.25, 0.3) is 22.4 Å². The van der Waals surface area contributed by atoms with Crippen LogP contribution < -0.4 is 10.6 Å². The molecule has 0 bridgehead atoms. The molecule has 9 nitrogen and oxygen atoms in total. The summed E-state index contributed by atoms with van der Waals surface area (Å²) >= 11 is 1.34. The van der Waals surface area contributed by atoms with Gasteiger partial charge in [0, 0.05) is 40.1 Å². The first kappa shape index (κ1) is 28.9. The zero-order valence-corrected chi connectivity index (χ0v) is 25.0. The Balaban J connectivity index is 1.23. The Morgan fingerprint density at radius 3 is 2.31 bits per heavy atom. The van der Waals surface area contributed by atoms with Crippen molar-refractivity contribution in [1.82, 2.24) is 14.9 Å². The third-order valence-corrected chi connectivity index (χ3v) is 7.40. The maximum absolute atomic E-state index is 13.2. The normalized spacial score (nSPS) is 14.6. The highest BCUT2D eigenvalue weighted by molar-refractivity contribution is 7.14. The van der Waals surface area contributed by atoms with E-state index in [1.54, 1.807) is 45.0 Å². The number of anilines is 2. The van der Waals surface area contributed by atoms with Gasteiger partial charge in [0.2, 0.25) is 5.91 Å². The van der Waals surface area contributed by atoms with E-state index in [1.807, 2.05) is 31.4 Å². The van der Waals surface area contributed by atoms with Gasteiger partial charge in [-0.25, -0.2) is 9.78 Å². The third-order valence-electron chi connectivity index (χ3n) is 6.65. The lowest BCUT2D eigenvalue weighted by molar-refractivity contribution is -0.123. The van der Waals surface area contributed by atoms with Crippen molar-refractivity contribution in [2.24, 2.45) is 0 Å². The van der Waals surface area contributed by atoms with Crippen LogP contribution in [0.1, 0.15) is 48.9 Å². The molecule has 0 radical (unpaired) electrons. The number of thiazole rings is 1. The Labute approximate surface area is 249 Å². The lowest BCUT2D eigenvalue weighted by Gasteiger charge is -2.39. The van der Waals surface area contributed by atoms with Gasteiger partial charge >= 0.3 is 6.09 Å². The second-order valence-electron chi connectivity index (χ2n) is 11.3. The van der Waals surface area contributed by atoms with Crippen LogP contribution in [-0.4, -0.2) is 51.0 Å². The van der Waals surface area contributed by atoms with Crippen LogP contribution in [0.3, 0.4) is 0 Å². The van der Waals surface area contributed by atoms with E-state index < -0.39 is 17.7 Å². The molecule has 1 saturated heterocycles. The van der Waals surface area contributed by atoms with Crippen LogP contribution in [-0.2, 0) is 9.53 Å². The number of hydrogen-bond donors (Lipinski definition) is 2. The Bertz CT molecular complexity index is 1640. The highest BCUT2D eigenvalue weighted by Crippen LogP contribution is 2.30. The molecule has 10 heteroatoms. The average molecular weight is 584 g/mol. The number of pyridine rings is 1. The smallest absolute Gasteiger partial charge is 0.412 e. The van der Waals surface area contributed by atoms with Crippen molar-refractivity contribution in [1.29, 1.82) is 0 Å². The average Bonchev–Trinajstić information content (AvgIpc) is 3.35. The number of nitrogens with one attached hydrogen (secondary N) is 2. The Morgan fingerprint density at radius 2 is 1.62 bits per heavy atom. The summed E-state index contributed by atoms with van der Waals surface area (Å²) in [5, 5.41) is 7.91. The highest BCUT2D eigenvalue weighted by atomic mass is 32.1. The summed E-state index contributed by atoms with van der Waals surface area (Å²) < 4.78 is 5.29. The Hall–Kier alpha value is -4.57. The minimum Gasteiger partial charge on any atom is -0.444 e. The quantitative estimate of drug-likeness (QED) is 0.262. The molecule has 5 rings (SSSR count).